The molecule has 0 unspecified atom stereocenters. The molecule has 0 saturated heterocycles. The van der Waals surface area contributed by atoms with Crippen LogP contribution in [0.15, 0.2) is 4.90 Å². The number of nitrogen functional groups attached to an aromatic ring is 1. The SMILES string of the molecule is Cc1[nH]nc(N)c1S(C)(=O)=O. The van der Waals surface area contributed by atoms with E-state index in [0.717, 1.165) is 6.26 Å². The van der Waals surface area contributed by atoms with Crippen molar-refractivity contribution in [3.8, 4) is 0 Å². The number of anilines is 1. The first-order valence-electron chi connectivity index (χ1n) is 2.93. The minimum Gasteiger partial charge on any atom is -0.381 e. The van der Waals surface area contributed by atoms with Gasteiger partial charge in [-0.1, -0.05) is 0 Å². The summed E-state index contributed by atoms with van der Waals surface area (Å²) in [4.78, 5) is 0.0949. The molecule has 0 bridgehead atoms. The van der Waals surface area contributed by atoms with Crippen molar-refractivity contribution >= 4 is 15.7 Å². The highest BCUT2D eigenvalue weighted by Crippen LogP contribution is 2.18. The molecule has 1 aromatic rings. The van der Waals surface area contributed by atoms with Crippen LogP contribution >= 0.6 is 0 Å². The Hall–Kier alpha value is -1.04. The second-order valence-corrected chi connectivity index (χ2v) is 4.29. The van der Waals surface area contributed by atoms with E-state index < -0.39 is 9.84 Å². The van der Waals surface area contributed by atoms with Gasteiger partial charge in [0, 0.05) is 6.26 Å². The number of nitrogens with zero attached hydrogens (tertiary/aromatic N) is 1. The fraction of sp³-hybridized carbons (Fsp3) is 0.400. The molecule has 11 heavy (non-hydrogen) atoms. The van der Waals surface area contributed by atoms with E-state index in [4.69, 9.17) is 5.73 Å². The second-order valence-electron chi connectivity index (χ2n) is 2.34. The van der Waals surface area contributed by atoms with E-state index in [0.29, 0.717) is 5.69 Å². The summed E-state index contributed by atoms with van der Waals surface area (Å²) in [6.45, 7) is 1.61. The van der Waals surface area contributed by atoms with E-state index in [1.54, 1.807) is 6.92 Å². The van der Waals surface area contributed by atoms with Crippen LogP contribution in [0.25, 0.3) is 0 Å². The van der Waals surface area contributed by atoms with Gasteiger partial charge in [0.1, 0.15) is 4.90 Å². The van der Waals surface area contributed by atoms with Gasteiger partial charge in [-0.2, -0.15) is 5.10 Å². The Morgan fingerprint density at radius 2 is 2.09 bits per heavy atom. The van der Waals surface area contributed by atoms with E-state index in [9.17, 15) is 8.42 Å². The average Bonchev–Trinajstić information content (AvgIpc) is 2.08. The van der Waals surface area contributed by atoms with Gasteiger partial charge in [0.15, 0.2) is 15.7 Å². The number of H-pyrrole nitrogens is 1. The molecule has 0 aliphatic rings. The lowest BCUT2D eigenvalue weighted by Crippen LogP contribution is -2.01. The Morgan fingerprint density at radius 3 is 2.27 bits per heavy atom. The zero-order valence-corrected chi connectivity index (χ0v) is 7.07. The van der Waals surface area contributed by atoms with Gasteiger partial charge in [0.25, 0.3) is 0 Å². The van der Waals surface area contributed by atoms with Crippen LogP contribution in [0, 0.1) is 6.92 Å². The molecule has 1 rings (SSSR count). The van der Waals surface area contributed by atoms with Crippen LogP contribution in [-0.4, -0.2) is 24.9 Å². The Balaban J connectivity index is 3.45. The third-order valence-electron chi connectivity index (χ3n) is 1.29. The molecule has 5 nitrogen and oxygen atoms in total. The van der Waals surface area contributed by atoms with Crippen LogP contribution in [0.5, 0.6) is 0 Å². The van der Waals surface area contributed by atoms with Gasteiger partial charge in [-0.25, -0.2) is 8.42 Å². The zero-order chi connectivity index (χ0) is 8.65. The van der Waals surface area contributed by atoms with Crippen LogP contribution < -0.4 is 5.73 Å². The second kappa shape index (κ2) is 2.23. The zero-order valence-electron chi connectivity index (χ0n) is 6.25. The molecular formula is C5H9N3O2S. The lowest BCUT2D eigenvalue weighted by atomic mass is 10.5. The van der Waals surface area contributed by atoms with Gasteiger partial charge >= 0.3 is 0 Å². The molecule has 6 heteroatoms. The van der Waals surface area contributed by atoms with Crippen LogP contribution in [0.4, 0.5) is 5.82 Å². The third-order valence-corrected chi connectivity index (χ3v) is 2.54. The fourth-order valence-electron chi connectivity index (χ4n) is 0.906. The lowest BCUT2D eigenvalue weighted by Gasteiger charge is -1.94. The van der Waals surface area contributed by atoms with Crippen LogP contribution in [0.3, 0.4) is 0 Å². The summed E-state index contributed by atoms with van der Waals surface area (Å²) in [5.74, 6) is 0.0324. The molecule has 0 fully saturated rings. The Labute approximate surface area is 64.5 Å². The molecule has 0 aliphatic heterocycles. The van der Waals surface area contributed by atoms with E-state index in [-0.39, 0.29) is 10.7 Å². The summed E-state index contributed by atoms with van der Waals surface area (Å²) >= 11 is 0. The highest BCUT2D eigenvalue weighted by atomic mass is 32.2. The number of hydrogen-bond donors (Lipinski definition) is 2. The number of hydrogen-bond acceptors (Lipinski definition) is 4. The van der Waals surface area contributed by atoms with Gasteiger partial charge in [0.05, 0.1) is 5.69 Å². The van der Waals surface area contributed by atoms with Crippen LogP contribution in [0.1, 0.15) is 5.69 Å². The summed E-state index contributed by atoms with van der Waals surface area (Å²) in [6, 6.07) is 0. The fourth-order valence-corrected chi connectivity index (χ4v) is 1.93. The highest BCUT2D eigenvalue weighted by molar-refractivity contribution is 7.91. The maximum Gasteiger partial charge on any atom is 0.181 e. The highest BCUT2D eigenvalue weighted by Gasteiger charge is 2.17. The van der Waals surface area contributed by atoms with Crippen molar-refractivity contribution < 1.29 is 8.42 Å². The van der Waals surface area contributed by atoms with Crippen molar-refractivity contribution in [1.82, 2.24) is 10.2 Å². The normalized spacial score (nSPS) is 11.8. The van der Waals surface area contributed by atoms with Crippen molar-refractivity contribution in [2.75, 3.05) is 12.0 Å². The Morgan fingerprint density at radius 1 is 1.55 bits per heavy atom. The molecule has 1 heterocycles. The Bertz CT molecular complexity index is 346. The topological polar surface area (TPSA) is 88.8 Å². The molecule has 0 spiro atoms. The van der Waals surface area contributed by atoms with Crippen LogP contribution in [0.2, 0.25) is 0 Å². The molecular weight excluding hydrogens is 166 g/mol. The number of aryl methyl sites for hydroxylation is 1. The number of aromatic nitrogens is 2. The van der Waals surface area contributed by atoms with Gasteiger partial charge in [-0.15, -0.1) is 0 Å². The molecule has 0 atom stereocenters. The smallest absolute Gasteiger partial charge is 0.181 e. The first-order valence-corrected chi connectivity index (χ1v) is 4.82. The van der Waals surface area contributed by atoms with Crippen molar-refractivity contribution in [3.05, 3.63) is 5.69 Å². The molecule has 0 amide bonds. The Kier molecular flexibility index (Phi) is 1.63. The van der Waals surface area contributed by atoms with Crippen molar-refractivity contribution in [3.63, 3.8) is 0 Å². The van der Waals surface area contributed by atoms with Crippen molar-refractivity contribution in [2.24, 2.45) is 0 Å². The largest absolute Gasteiger partial charge is 0.381 e. The first-order chi connectivity index (χ1) is 4.93. The van der Waals surface area contributed by atoms with Crippen LogP contribution in [-0.2, 0) is 9.84 Å². The molecule has 0 aromatic carbocycles. The first kappa shape index (κ1) is 8.06. The monoisotopic (exact) mass is 175 g/mol. The molecule has 62 valence electrons. The lowest BCUT2D eigenvalue weighted by molar-refractivity contribution is 0.602. The maximum absolute atomic E-state index is 11.0. The average molecular weight is 175 g/mol. The van der Waals surface area contributed by atoms with Crippen molar-refractivity contribution in [2.45, 2.75) is 11.8 Å². The van der Waals surface area contributed by atoms with E-state index in [2.05, 4.69) is 10.2 Å². The van der Waals surface area contributed by atoms with E-state index in [1.165, 1.54) is 0 Å². The molecule has 0 saturated carbocycles. The standard InChI is InChI=1S/C5H9N3O2S/c1-3-4(11(2,9)10)5(6)8-7-3/h1-2H3,(H3,6,7,8). The van der Waals surface area contributed by atoms with Gasteiger partial charge in [-0.3, -0.25) is 5.10 Å². The van der Waals surface area contributed by atoms with Crippen molar-refractivity contribution in [1.29, 1.82) is 0 Å². The van der Waals surface area contributed by atoms with Gasteiger partial charge < -0.3 is 5.73 Å². The molecule has 0 aliphatic carbocycles. The van der Waals surface area contributed by atoms with Gasteiger partial charge in [0.2, 0.25) is 0 Å². The summed E-state index contributed by atoms with van der Waals surface area (Å²) in [6.07, 6.45) is 1.10. The molecule has 0 radical (unpaired) electrons. The predicted octanol–water partition coefficient (Wildman–Crippen LogP) is -0.296. The summed E-state index contributed by atoms with van der Waals surface area (Å²) < 4.78 is 22.0. The van der Waals surface area contributed by atoms with E-state index in [1.807, 2.05) is 0 Å². The minimum absolute atomic E-state index is 0.0324. The number of rotatable bonds is 1. The summed E-state index contributed by atoms with van der Waals surface area (Å²) in [5.41, 5.74) is 5.78. The number of sulfone groups is 1. The maximum atomic E-state index is 11.0. The van der Waals surface area contributed by atoms with E-state index >= 15 is 0 Å². The quantitative estimate of drug-likeness (QED) is 0.613. The molecule has 3 N–H and O–H groups in total. The number of nitrogens with one attached hydrogen (secondary N) is 1. The molecule has 1 aromatic heterocycles. The van der Waals surface area contributed by atoms with Gasteiger partial charge in [-0.05, 0) is 6.92 Å². The third kappa shape index (κ3) is 1.35. The summed E-state index contributed by atoms with van der Waals surface area (Å²) in [7, 11) is -3.24. The number of aromatic amines is 1. The minimum atomic E-state index is -3.24. The number of nitrogens with two attached hydrogens (primary N) is 1. The summed E-state index contributed by atoms with van der Waals surface area (Å²) in [5, 5.41) is 6.05. The predicted molar refractivity (Wildman–Crippen MR) is 40.8 cm³/mol.